The van der Waals surface area contributed by atoms with Gasteiger partial charge in [0.05, 0.1) is 35.5 Å². The Hall–Kier alpha value is -5.04. The molecule has 2 amide bonds. The number of rotatable bonds is 10. The maximum atomic E-state index is 14.1. The Morgan fingerprint density at radius 3 is 2.52 bits per heavy atom. The lowest BCUT2D eigenvalue weighted by Crippen LogP contribution is -2.53. The molecule has 10 rings (SSSR count). The molecular formula is C39H43N9O4. The molecule has 0 spiro atoms. The lowest BCUT2D eigenvalue weighted by atomic mass is 9.53. The minimum atomic E-state index is -0.919. The molecule has 0 radical (unpaired) electrons. The third kappa shape index (κ3) is 5.07. The van der Waals surface area contributed by atoms with E-state index in [-0.39, 0.29) is 24.4 Å². The predicted octanol–water partition coefficient (Wildman–Crippen LogP) is 4.62. The van der Waals surface area contributed by atoms with Crippen LogP contribution in [-0.2, 0) is 6.54 Å². The number of methoxy groups -OCH3 is 1. The smallest absolute Gasteiger partial charge is 0.257 e. The average Bonchev–Trinajstić information content (AvgIpc) is 3.75. The molecule has 4 aromatic heterocycles. The number of nitrogens with zero attached hydrogens (tertiary/aromatic N) is 8. The lowest BCUT2D eigenvalue weighted by molar-refractivity contribution is -0.0204. The molecule has 5 fully saturated rings. The zero-order valence-electron chi connectivity index (χ0n) is 29.7. The van der Waals surface area contributed by atoms with Crippen molar-refractivity contribution in [1.29, 1.82) is 0 Å². The van der Waals surface area contributed by atoms with Gasteiger partial charge in [-0.1, -0.05) is 0 Å². The molecule has 5 aliphatic rings. The van der Waals surface area contributed by atoms with Crippen molar-refractivity contribution in [3.63, 3.8) is 0 Å². The predicted molar refractivity (Wildman–Crippen MR) is 194 cm³/mol. The van der Waals surface area contributed by atoms with E-state index in [1.54, 1.807) is 25.9 Å². The normalized spacial score (nSPS) is 23.7. The summed E-state index contributed by atoms with van der Waals surface area (Å²) in [6.45, 7) is 6.30. The van der Waals surface area contributed by atoms with Gasteiger partial charge in [0.1, 0.15) is 16.9 Å². The first-order chi connectivity index (χ1) is 25.1. The van der Waals surface area contributed by atoms with E-state index in [9.17, 15) is 14.7 Å². The maximum absolute atomic E-state index is 14.1. The Labute approximate surface area is 301 Å². The SMILES string of the molecule is COc1cc(C(=O)N2CC3CC4CC2[C@H]43)cc2nc(-c3cc4cccnc4n3CC3CC3)n(C3CN(C(=O)c4cnc(NCC(C)(C)O)nc4)C3)c12. The number of hydrogen-bond acceptors (Lipinski definition) is 9. The minimum Gasteiger partial charge on any atom is -0.494 e. The summed E-state index contributed by atoms with van der Waals surface area (Å²) in [5.41, 5.74) is 3.50. The number of likely N-dealkylation sites (tertiary alicyclic amines) is 2. The fourth-order valence-electron chi connectivity index (χ4n) is 9.18. The fraction of sp³-hybridized carbons (Fsp3) is 0.487. The van der Waals surface area contributed by atoms with Crippen molar-refractivity contribution in [2.24, 2.45) is 23.7 Å². The fourth-order valence-corrected chi connectivity index (χ4v) is 9.18. The number of anilines is 1. The van der Waals surface area contributed by atoms with Crippen LogP contribution in [0.2, 0.25) is 0 Å². The molecule has 52 heavy (non-hydrogen) atoms. The highest BCUT2D eigenvalue weighted by Gasteiger charge is 2.61. The molecule has 3 unspecified atom stereocenters. The van der Waals surface area contributed by atoms with E-state index in [0.29, 0.717) is 65.2 Å². The number of fused-ring (bicyclic) bond motifs is 2. The maximum Gasteiger partial charge on any atom is 0.257 e. The molecule has 2 saturated heterocycles. The van der Waals surface area contributed by atoms with Gasteiger partial charge in [0, 0.05) is 68.3 Å². The highest BCUT2D eigenvalue weighted by atomic mass is 16.5. The van der Waals surface area contributed by atoms with E-state index in [0.717, 1.165) is 53.5 Å². The van der Waals surface area contributed by atoms with Crippen LogP contribution in [0, 0.1) is 23.7 Å². The number of aliphatic hydroxyl groups is 1. The summed E-state index contributed by atoms with van der Waals surface area (Å²) in [6.07, 6.45) is 9.65. The number of aromatic nitrogens is 6. The van der Waals surface area contributed by atoms with Crippen molar-refractivity contribution >= 4 is 39.8 Å². The molecule has 6 heterocycles. The van der Waals surface area contributed by atoms with Crippen LogP contribution in [0.25, 0.3) is 33.6 Å². The molecule has 268 valence electrons. The van der Waals surface area contributed by atoms with Crippen molar-refractivity contribution in [3.8, 4) is 17.3 Å². The van der Waals surface area contributed by atoms with Crippen LogP contribution in [0.15, 0.2) is 48.9 Å². The van der Waals surface area contributed by atoms with Crippen LogP contribution in [0.3, 0.4) is 0 Å². The van der Waals surface area contributed by atoms with E-state index in [1.807, 2.05) is 24.4 Å². The molecule has 2 aliphatic heterocycles. The monoisotopic (exact) mass is 701 g/mol. The number of ether oxygens (including phenoxy) is 1. The third-order valence-corrected chi connectivity index (χ3v) is 12.1. The van der Waals surface area contributed by atoms with Crippen LogP contribution in [-0.4, -0.2) is 101 Å². The summed E-state index contributed by atoms with van der Waals surface area (Å²) < 4.78 is 10.6. The zero-order chi connectivity index (χ0) is 35.5. The van der Waals surface area contributed by atoms with Crippen LogP contribution in [0.4, 0.5) is 5.95 Å². The van der Waals surface area contributed by atoms with E-state index >= 15 is 0 Å². The van der Waals surface area contributed by atoms with Crippen molar-refractivity contribution < 1.29 is 19.4 Å². The Kier molecular flexibility index (Phi) is 6.99. The summed E-state index contributed by atoms with van der Waals surface area (Å²) in [4.78, 5) is 50.3. The summed E-state index contributed by atoms with van der Waals surface area (Å²) in [7, 11) is 1.65. The molecule has 13 nitrogen and oxygen atoms in total. The second kappa shape index (κ2) is 11.5. The van der Waals surface area contributed by atoms with E-state index in [1.165, 1.54) is 31.7 Å². The van der Waals surface area contributed by atoms with Crippen LogP contribution >= 0.6 is 0 Å². The largest absolute Gasteiger partial charge is 0.494 e. The average molecular weight is 702 g/mol. The second-order valence-corrected chi connectivity index (χ2v) is 16.3. The van der Waals surface area contributed by atoms with Gasteiger partial charge in [-0.05, 0) is 93.5 Å². The first kappa shape index (κ1) is 31.7. The van der Waals surface area contributed by atoms with Gasteiger partial charge in [-0.15, -0.1) is 0 Å². The van der Waals surface area contributed by atoms with E-state index in [2.05, 4.69) is 41.5 Å². The molecule has 3 saturated carbocycles. The van der Waals surface area contributed by atoms with Crippen LogP contribution in [0.1, 0.15) is 66.3 Å². The zero-order valence-corrected chi connectivity index (χ0v) is 29.7. The number of benzene rings is 1. The Bertz CT molecular complexity index is 2250. The van der Waals surface area contributed by atoms with Crippen LogP contribution in [0.5, 0.6) is 5.75 Å². The standard InChI is InChI=1S/C39H43N9O4/c1-39(2,51)20-43-38-41-14-26(15-42-38)36(49)45-18-27(19-45)48-33-28(44-35(48)30-11-22-5-4-8-40-34(22)46(30)16-21-6-7-21)10-24(13-31(33)52-3)37(50)47-17-25-9-23-12-29(47)32(23)25/h4-5,8,10-11,13-15,21,23,25,27,29,32,51H,6-7,9,12,16-20H2,1-3H3,(H,41,42,43)/t23?,25?,29?,32-/m1/s1. The van der Waals surface area contributed by atoms with Crippen molar-refractivity contribution in [3.05, 3.63) is 60.0 Å². The summed E-state index contributed by atoms with van der Waals surface area (Å²) in [5.74, 6) is 4.38. The van der Waals surface area contributed by atoms with Crippen molar-refractivity contribution in [2.45, 2.75) is 63.8 Å². The quantitative estimate of drug-likeness (QED) is 0.213. The van der Waals surface area contributed by atoms with Gasteiger partial charge in [-0.2, -0.15) is 0 Å². The Morgan fingerprint density at radius 2 is 1.81 bits per heavy atom. The number of carbonyl (C=O) groups is 2. The summed E-state index contributed by atoms with van der Waals surface area (Å²) in [5, 5.41) is 14.1. The summed E-state index contributed by atoms with van der Waals surface area (Å²) in [6, 6.07) is 10.3. The topological polar surface area (TPSA) is 144 Å². The van der Waals surface area contributed by atoms with Gasteiger partial charge < -0.3 is 34.1 Å². The van der Waals surface area contributed by atoms with Crippen molar-refractivity contribution in [2.75, 3.05) is 38.6 Å². The molecule has 0 bridgehead atoms. The highest BCUT2D eigenvalue weighted by molar-refractivity contribution is 6.01. The molecule has 2 N–H and O–H groups in total. The van der Waals surface area contributed by atoms with Gasteiger partial charge in [0.25, 0.3) is 11.8 Å². The molecule has 1 aromatic carbocycles. The Morgan fingerprint density at radius 1 is 1.00 bits per heavy atom. The van der Waals surface area contributed by atoms with Gasteiger partial charge in [-0.3, -0.25) is 9.59 Å². The van der Waals surface area contributed by atoms with Crippen LogP contribution < -0.4 is 10.1 Å². The van der Waals surface area contributed by atoms with Gasteiger partial charge in [-0.25, -0.2) is 19.9 Å². The minimum absolute atomic E-state index is 0.0603. The Balaban J connectivity index is 1.01. The highest BCUT2D eigenvalue weighted by Crippen LogP contribution is 2.61. The first-order valence-corrected chi connectivity index (χ1v) is 18.6. The molecular weight excluding hydrogens is 658 g/mol. The van der Waals surface area contributed by atoms with Gasteiger partial charge in [0.2, 0.25) is 5.95 Å². The molecule has 5 aromatic rings. The van der Waals surface area contributed by atoms with Gasteiger partial charge >= 0.3 is 0 Å². The number of nitrogens with one attached hydrogen (secondary N) is 1. The van der Waals surface area contributed by atoms with Gasteiger partial charge in [0.15, 0.2) is 5.82 Å². The van der Waals surface area contributed by atoms with Crippen molar-refractivity contribution in [1.82, 2.24) is 38.9 Å². The lowest BCUT2D eigenvalue weighted by Gasteiger charge is -2.52. The third-order valence-electron chi connectivity index (χ3n) is 12.1. The number of hydrogen-bond donors (Lipinski definition) is 2. The molecule has 13 heteroatoms. The summed E-state index contributed by atoms with van der Waals surface area (Å²) >= 11 is 0. The number of pyridine rings is 1. The number of amides is 2. The number of imidazole rings is 1. The first-order valence-electron chi connectivity index (χ1n) is 18.6. The van der Waals surface area contributed by atoms with E-state index in [4.69, 9.17) is 14.7 Å². The second-order valence-electron chi connectivity index (χ2n) is 16.3. The number of carbonyl (C=O) groups excluding carboxylic acids is 2. The molecule has 3 aliphatic carbocycles. The molecule has 4 atom stereocenters. The van der Waals surface area contributed by atoms with E-state index < -0.39 is 5.60 Å².